The molecule has 7 aromatic rings. The Balaban J connectivity index is 1.38. The van der Waals surface area contributed by atoms with Crippen LogP contribution < -0.4 is 5.32 Å². The summed E-state index contributed by atoms with van der Waals surface area (Å²) in [5.41, 5.74) is 13.0. The Morgan fingerprint density at radius 3 is 1.88 bits per heavy atom. The van der Waals surface area contributed by atoms with E-state index in [9.17, 15) is 0 Å². The third-order valence-electron chi connectivity index (χ3n) is 9.03. The summed E-state index contributed by atoms with van der Waals surface area (Å²) in [6, 6.07) is 45.0. The van der Waals surface area contributed by atoms with E-state index in [2.05, 4.69) is 168 Å². The highest BCUT2D eigenvalue weighted by Gasteiger charge is 2.21. The number of rotatable bonds is 6. The first-order valence-electron chi connectivity index (χ1n) is 16.7. The van der Waals surface area contributed by atoms with E-state index in [0.29, 0.717) is 0 Å². The molecular weight excluding hydrogens is 585 g/mol. The fraction of sp³-hybridized carbons (Fsp3) is 0.182. The number of pyridine rings is 1. The number of anilines is 2. The van der Waals surface area contributed by atoms with Crippen molar-refractivity contribution in [2.24, 2.45) is 0 Å². The molecule has 1 N–H and O–H groups in total. The van der Waals surface area contributed by atoms with Crippen LogP contribution in [-0.4, -0.2) is 14.8 Å². The van der Waals surface area contributed by atoms with E-state index >= 15 is 0 Å². The molecule has 2 heterocycles. The van der Waals surface area contributed by atoms with E-state index in [1.807, 2.05) is 23.0 Å². The molecule has 0 saturated heterocycles. The van der Waals surface area contributed by atoms with Gasteiger partial charge in [0.15, 0.2) is 0 Å². The molecule has 0 amide bonds. The Labute approximate surface area is 284 Å². The molecule has 7 rings (SSSR count). The Bertz CT molecular complexity index is 2220. The molecule has 0 atom stereocenters. The molecule has 4 nitrogen and oxygen atoms in total. The molecule has 0 spiro atoms. The van der Waals surface area contributed by atoms with Gasteiger partial charge in [0, 0.05) is 34.6 Å². The van der Waals surface area contributed by atoms with Crippen LogP contribution in [0.5, 0.6) is 0 Å². The summed E-state index contributed by atoms with van der Waals surface area (Å²) in [4.78, 5) is 4.90. The van der Waals surface area contributed by atoms with E-state index in [1.54, 1.807) is 0 Å². The van der Waals surface area contributed by atoms with Crippen molar-refractivity contribution in [1.29, 1.82) is 0 Å². The van der Waals surface area contributed by atoms with Crippen LogP contribution in [0.3, 0.4) is 0 Å². The van der Waals surface area contributed by atoms with Crippen molar-refractivity contribution in [1.82, 2.24) is 14.8 Å². The van der Waals surface area contributed by atoms with Gasteiger partial charge in [-0.15, -0.1) is 0 Å². The Kier molecular flexibility index (Phi) is 7.96. The maximum absolute atomic E-state index is 5.22. The second kappa shape index (κ2) is 12.3. The predicted octanol–water partition coefficient (Wildman–Crippen LogP) is 11.8. The Morgan fingerprint density at radius 1 is 0.542 bits per heavy atom. The van der Waals surface area contributed by atoms with Crippen molar-refractivity contribution in [3.63, 3.8) is 0 Å². The minimum atomic E-state index is -0.0314. The molecule has 48 heavy (non-hydrogen) atoms. The van der Waals surface area contributed by atoms with Gasteiger partial charge in [-0.1, -0.05) is 133 Å². The first kappa shape index (κ1) is 31.1. The van der Waals surface area contributed by atoms with Crippen molar-refractivity contribution in [2.75, 3.05) is 5.32 Å². The van der Waals surface area contributed by atoms with Crippen LogP contribution >= 0.6 is 0 Å². The maximum atomic E-state index is 5.22. The van der Waals surface area contributed by atoms with Crippen LogP contribution in [0.15, 0.2) is 140 Å². The molecular formula is C44H42N4. The molecule has 0 unspecified atom stereocenters. The lowest BCUT2D eigenvalue weighted by Gasteiger charge is -2.24. The first-order chi connectivity index (χ1) is 23.0. The van der Waals surface area contributed by atoms with Crippen molar-refractivity contribution in [3.8, 4) is 39.2 Å². The van der Waals surface area contributed by atoms with Gasteiger partial charge in [-0.05, 0) is 75.0 Å². The summed E-state index contributed by atoms with van der Waals surface area (Å²) in [7, 11) is 0. The van der Waals surface area contributed by atoms with Gasteiger partial charge in [-0.25, -0.2) is 4.68 Å². The second-order valence-corrected chi connectivity index (χ2v) is 14.6. The average Bonchev–Trinajstić information content (AvgIpc) is 3.53. The van der Waals surface area contributed by atoms with Crippen molar-refractivity contribution >= 4 is 22.3 Å². The summed E-state index contributed by atoms with van der Waals surface area (Å²) < 4.78 is 2.03. The smallest absolute Gasteiger partial charge is 0.101 e. The van der Waals surface area contributed by atoms with Crippen LogP contribution in [-0.2, 0) is 10.8 Å². The average molecular weight is 627 g/mol. The molecule has 2 aromatic heterocycles. The number of fused-ring (bicyclic) bond motifs is 1. The number of aromatic nitrogens is 3. The van der Waals surface area contributed by atoms with Gasteiger partial charge in [-0.2, -0.15) is 5.10 Å². The summed E-state index contributed by atoms with van der Waals surface area (Å²) >= 11 is 0. The quantitative estimate of drug-likeness (QED) is 0.200. The minimum Gasteiger partial charge on any atom is -0.353 e. The summed E-state index contributed by atoms with van der Waals surface area (Å²) in [5, 5.41) is 10.2. The normalized spacial score (nSPS) is 12.0. The molecule has 0 saturated carbocycles. The first-order valence-corrected chi connectivity index (χ1v) is 16.7. The van der Waals surface area contributed by atoms with Crippen molar-refractivity contribution in [3.05, 3.63) is 151 Å². The molecule has 0 aliphatic rings. The highest BCUT2D eigenvalue weighted by molar-refractivity contribution is 5.94. The van der Waals surface area contributed by atoms with E-state index in [0.717, 1.165) is 55.9 Å². The fourth-order valence-corrected chi connectivity index (χ4v) is 6.18. The van der Waals surface area contributed by atoms with Crippen molar-refractivity contribution < 1.29 is 0 Å². The highest BCUT2D eigenvalue weighted by Crippen LogP contribution is 2.38. The van der Waals surface area contributed by atoms with Crippen LogP contribution in [0.1, 0.15) is 52.7 Å². The number of nitrogens with one attached hydrogen (secondary N) is 1. The lowest BCUT2D eigenvalue weighted by Crippen LogP contribution is -2.13. The van der Waals surface area contributed by atoms with Crippen molar-refractivity contribution in [2.45, 2.75) is 52.4 Å². The van der Waals surface area contributed by atoms with E-state index in [4.69, 9.17) is 10.1 Å². The molecule has 0 aliphatic carbocycles. The van der Waals surface area contributed by atoms with E-state index in [-0.39, 0.29) is 10.8 Å². The van der Waals surface area contributed by atoms with Gasteiger partial charge in [-0.3, -0.25) is 4.98 Å². The lowest BCUT2D eigenvalue weighted by atomic mass is 9.85. The molecule has 5 aromatic carbocycles. The Morgan fingerprint density at radius 2 is 1.19 bits per heavy atom. The topological polar surface area (TPSA) is 42.7 Å². The van der Waals surface area contributed by atoms with Gasteiger partial charge >= 0.3 is 0 Å². The molecule has 0 fully saturated rings. The van der Waals surface area contributed by atoms with Crippen LogP contribution in [0, 0.1) is 0 Å². The number of hydrogen-bond donors (Lipinski definition) is 1. The van der Waals surface area contributed by atoms with Gasteiger partial charge < -0.3 is 5.32 Å². The third-order valence-corrected chi connectivity index (χ3v) is 9.03. The van der Waals surface area contributed by atoms with E-state index < -0.39 is 0 Å². The van der Waals surface area contributed by atoms with Gasteiger partial charge in [0.25, 0.3) is 0 Å². The summed E-state index contributed by atoms with van der Waals surface area (Å²) in [5.74, 6) is 0. The fourth-order valence-electron chi connectivity index (χ4n) is 6.18. The minimum absolute atomic E-state index is 0.0184. The summed E-state index contributed by atoms with van der Waals surface area (Å²) in [6.45, 7) is 13.5. The maximum Gasteiger partial charge on any atom is 0.101 e. The van der Waals surface area contributed by atoms with Crippen LogP contribution in [0.2, 0.25) is 0 Å². The van der Waals surface area contributed by atoms with E-state index in [1.165, 1.54) is 16.7 Å². The number of hydrogen-bond acceptors (Lipinski definition) is 3. The monoisotopic (exact) mass is 626 g/mol. The highest BCUT2D eigenvalue weighted by atomic mass is 15.3. The molecule has 0 aliphatic heterocycles. The molecule has 238 valence electrons. The lowest BCUT2D eigenvalue weighted by molar-refractivity contribution is 0.589. The largest absolute Gasteiger partial charge is 0.353 e. The molecule has 0 radical (unpaired) electrons. The zero-order valence-electron chi connectivity index (χ0n) is 28.6. The third kappa shape index (κ3) is 6.26. The standard InChI is InChI=1S/C44H42N4/c1-43(2,3)34-20-22-38(37(27-34)40-26-32(24-25-45-40)30-14-9-7-10-15-30)46-39-23-21-35(44(4,5)6)28-41(39)48-29-33-18-13-19-36(42(33)47-48)31-16-11-8-12-17-31/h7-29,46H,1-6H3. The number of nitrogens with zero attached hydrogens (tertiary/aromatic N) is 3. The molecule has 0 bridgehead atoms. The number of benzene rings is 5. The predicted molar refractivity (Wildman–Crippen MR) is 202 cm³/mol. The zero-order valence-corrected chi connectivity index (χ0v) is 28.6. The van der Waals surface area contributed by atoms with Gasteiger partial charge in [0.2, 0.25) is 0 Å². The zero-order chi connectivity index (χ0) is 33.5. The van der Waals surface area contributed by atoms with Crippen LogP contribution in [0.4, 0.5) is 11.4 Å². The van der Waals surface area contributed by atoms with Crippen LogP contribution in [0.25, 0.3) is 50.1 Å². The second-order valence-electron chi connectivity index (χ2n) is 14.6. The van der Waals surface area contributed by atoms with Gasteiger partial charge in [0.1, 0.15) is 5.52 Å². The summed E-state index contributed by atoms with van der Waals surface area (Å²) in [6.07, 6.45) is 4.05. The molecule has 4 heteroatoms. The Hall–Kier alpha value is -5.48. The van der Waals surface area contributed by atoms with Gasteiger partial charge in [0.05, 0.1) is 17.1 Å². The SMILES string of the molecule is CC(C)(C)c1ccc(Nc2ccc(C(C)(C)C)cc2-n2cc3cccc(-c4ccccc4)c3n2)c(-c2cc(-c3ccccc3)ccn2)c1.